The zero-order valence-corrected chi connectivity index (χ0v) is 37.9. The first kappa shape index (κ1) is 54.6. The second kappa shape index (κ2) is 33.2. The molecule has 1 aliphatic carbocycles. The maximum Gasteiger partial charge on any atom is 0.310 e. The molecule has 3 N–H and O–H groups in total. The van der Waals surface area contributed by atoms with E-state index in [9.17, 15) is 34.4 Å². The minimum absolute atomic E-state index is 0.0984. The van der Waals surface area contributed by atoms with Crippen LogP contribution in [0.5, 0.6) is 0 Å². The van der Waals surface area contributed by atoms with Crippen molar-refractivity contribution in [3.63, 3.8) is 0 Å². The fourth-order valence-electron chi connectivity index (χ4n) is 6.53. The number of hydrogen-bond donors (Lipinski definition) is 3. The van der Waals surface area contributed by atoms with Crippen LogP contribution in [0.25, 0.3) is 0 Å². The van der Waals surface area contributed by atoms with Crippen molar-refractivity contribution in [2.24, 2.45) is 11.8 Å². The van der Waals surface area contributed by atoms with E-state index >= 15 is 0 Å². The SMILES string of the molecule is CCCCCCCC/C=C\C/C=C\C/C=C\CCCC(=O)OC[C@H](COP(=O)([O-])OCC[N+](C)(C)C)OC(=O)C/C=C\C[C@H]1[C@@H](/C=C/[C@H](O)CCCCC)[C@H](O)C[C@@H]1O. The number of phosphoric ester groups is 1. The molecule has 12 nitrogen and oxygen atoms in total. The van der Waals surface area contributed by atoms with Gasteiger partial charge in [0.15, 0.2) is 6.10 Å². The summed E-state index contributed by atoms with van der Waals surface area (Å²) in [6.45, 7) is 3.65. The smallest absolute Gasteiger partial charge is 0.310 e. The summed E-state index contributed by atoms with van der Waals surface area (Å²) in [6, 6.07) is 0. The van der Waals surface area contributed by atoms with Gasteiger partial charge in [0.25, 0.3) is 7.82 Å². The summed E-state index contributed by atoms with van der Waals surface area (Å²) in [7, 11) is 0.936. The van der Waals surface area contributed by atoms with Crippen LogP contribution in [0.4, 0.5) is 0 Å². The molecule has 1 rings (SSSR count). The van der Waals surface area contributed by atoms with E-state index < -0.39 is 57.4 Å². The van der Waals surface area contributed by atoms with Crippen LogP contribution in [-0.4, -0.2) is 104 Å². The molecule has 0 amide bonds. The molecular weight excluding hydrogens is 773 g/mol. The van der Waals surface area contributed by atoms with Crippen molar-refractivity contribution in [1.29, 1.82) is 0 Å². The lowest BCUT2D eigenvalue weighted by Crippen LogP contribution is -2.37. The van der Waals surface area contributed by atoms with Crippen molar-refractivity contribution >= 4 is 19.8 Å². The summed E-state index contributed by atoms with van der Waals surface area (Å²) in [5.74, 6) is -1.85. The Labute approximate surface area is 356 Å². The number of ether oxygens (including phenoxy) is 2. The first-order chi connectivity index (χ1) is 28.2. The topological polar surface area (TPSA) is 172 Å². The molecule has 0 spiro atoms. The van der Waals surface area contributed by atoms with Crippen molar-refractivity contribution in [2.45, 2.75) is 160 Å². The second-order valence-electron chi connectivity index (χ2n) is 16.7. The number of carbonyl (C=O) groups excluding carboxylic acids is 2. The van der Waals surface area contributed by atoms with E-state index in [1.54, 1.807) is 24.3 Å². The monoisotopic (exact) mass is 854 g/mol. The predicted molar refractivity (Wildman–Crippen MR) is 233 cm³/mol. The van der Waals surface area contributed by atoms with Gasteiger partial charge in [-0.3, -0.25) is 14.2 Å². The second-order valence-corrected chi connectivity index (χ2v) is 18.1. The summed E-state index contributed by atoms with van der Waals surface area (Å²) < 4.78 is 33.7. The van der Waals surface area contributed by atoms with E-state index in [-0.39, 0.29) is 37.7 Å². The number of likely N-dealkylation sites (N-methyl/N-ethyl adjacent to an activating group) is 1. The Balaban J connectivity index is 2.59. The normalized spacial score (nSPS) is 21.0. The third-order valence-corrected chi connectivity index (χ3v) is 11.1. The van der Waals surface area contributed by atoms with Gasteiger partial charge in [0, 0.05) is 18.8 Å². The largest absolute Gasteiger partial charge is 0.756 e. The fraction of sp³-hybridized carbons (Fsp3) is 0.739. The molecule has 0 radical (unpaired) electrons. The number of quaternary nitrogens is 1. The van der Waals surface area contributed by atoms with Gasteiger partial charge < -0.3 is 43.2 Å². The lowest BCUT2D eigenvalue weighted by atomic mass is 9.89. The van der Waals surface area contributed by atoms with Crippen LogP contribution in [0.1, 0.15) is 136 Å². The van der Waals surface area contributed by atoms with Gasteiger partial charge in [0.1, 0.15) is 19.8 Å². The number of aliphatic hydroxyl groups excluding tert-OH is 3. The molecule has 0 heterocycles. The summed E-state index contributed by atoms with van der Waals surface area (Å²) in [4.78, 5) is 37.8. The minimum atomic E-state index is -4.73. The Morgan fingerprint density at radius 3 is 2.08 bits per heavy atom. The third kappa shape index (κ3) is 30.3. The van der Waals surface area contributed by atoms with Crippen LogP contribution >= 0.6 is 7.82 Å². The zero-order chi connectivity index (χ0) is 43.8. The third-order valence-electron chi connectivity index (χ3n) is 10.1. The van der Waals surface area contributed by atoms with Crippen LogP contribution in [0.15, 0.2) is 60.8 Å². The zero-order valence-electron chi connectivity index (χ0n) is 37.0. The van der Waals surface area contributed by atoms with E-state index in [0.717, 1.165) is 38.5 Å². The molecule has 59 heavy (non-hydrogen) atoms. The quantitative estimate of drug-likeness (QED) is 0.0185. The Kier molecular flexibility index (Phi) is 30.8. The van der Waals surface area contributed by atoms with Crippen LogP contribution in [0.3, 0.4) is 0 Å². The number of phosphoric acid groups is 1. The molecule has 1 fully saturated rings. The van der Waals surface area contributed by atoms with Crippen LogP contribution in [-0.2, 0) is 32.7 Å². The van der Waals surface area contributed by atoms with Gasteiger partial charge in [-0.05, 0) is 57.3 Å². The molecule has 7 atom stereocenters. The molecule has 0 aliphatic heterocycles. The predicted octanol–water partition coefficient (Wildman–Crippen LogP) is 8.21. The number of rotatable bonds is 35. The van der Waals surface area contributed by atoms with Gasteiger partial charge >= 0.3 is 11.9 Å². The first-order valence-electron chi connectivity index (χ1n) is 22.3. The van der Waals surface area contributed by atoms with Gasteiger partial charge in [-0.25, -0.2) is 0 Å². The number of carbonyl (C=O) groups is 2. The van der Waals surface area contributed by atoms with Gasteiger partial charge in [-0.2, -0.15) is 0 Å². The van der Waals surface area contributed by atoms with E-state index in [2.05, 4.69) is 44.2 Å². The Morgan fingerprint density at radius 2 is 1.41 bits per heavy atom. The molecule has 0 aromatic rings. The molecule has 0 aromatic carbocycles. The molecule has 0 aromatic heterocycles. The maximum atomic E-state index is 12.8. The first-order valence-corrected chi connectivity index (χ1v) is 23.7. The standard InChI is InChI=1S/C46H80NO11P/c1-6-8-10-11-12-13-14-15-16-17-18-19-20-21-22-23-25-30-45(51)55-37-40(38-57-59(53,54)56-35-34-47(3,4)5)58-46(52)31-27-26-29-41-42(44(50)36-43(41)49)33-32-39(48)28-24-9-7-2/h15-16,18-19,21-22,26-27,32-33,39-44,48-50H,6-14,17,20,23-25,28-31,34-38H2,1-5H3/b16-15-,19-18-,22-21-,27-26-,33-32+/t39-,40-,41+,42-,43+,44-/m1/s1. The average molecular weight is 854 g/mol. The Bertz CT molecular complexity index is 1310. The molecule has 1 unspecified atom stereocenters. The van der Waals surface area contributed by atoms with E-state index in [1.807, 2.05) is 27.2 Å². The maximum absolute atomic E-state index is 12.8. The van der Waals surface area contributed by atoms with Crippen molar-refractivity contribution < 1.29 is 57.4 Å². The molecule has 1 saturated carbocycles. The van der Waals surface area contributed by atoms with Crippen LogP contribution in [0.2, 0.25) is 0 Å². The molecule has 0 saturated heterocycles. The highest BCUT2D eigenvalue weighted by atomic mass is 31.2. The van der Waals surface area contributed by atoms with Gasteiger partial charge in [-0.1, -0.05) is 126 Å². The highest BCUT2D eigenvalue weighted by Crippen LogP contribution is 2.38. The summed E-state index contributed by atoms with van der Waals surface area (Å²) in [5, 5.41) is 31.4. The average Bonchev–Trinajstić information content (AvgIpc) is 3.44. The summed E-state index contributed by atoms with van der Waals surface area (Å²) in [5.41, 5.74) is 0. The Hall–Kier alpha value is -2.41. The summed E-state index contributed by atoms with van der Waals surface area (Å²) in [6.07, 6.45) is 32.5. The fourth-order valence-corrected chi connectivity index (χ4v) is 7.26. The lowest BCUT2D eigenvalue weighted by Gasteiger charge is -2.28. The van der Waals surface area contributed by atoms with Crippen LogP contribution in [0, 0.1) is 11.8 Å². The van der Waals surface area contributed by atoms with Crippen LogP contribution < -0.4 is 4.89 Å². The molecule has 1 aliphatic rings. The van der Waals surface area contributed by atoms with E-state index in [0.29, 0.717) is 36.7 Å². The van der Waals surface area contributed by atoms with E-state index in [1.165, 1.54) is 38.5 Å². The minimum Gasteiger partial charge on any atom is -0.756 e. The number of hydrogen-bond acceptors (Lipinski definition) is 11. The number of allylic oxidation sites excluding steroid dienone is 7. The van der Waals surface area contributed by atoms with Gasteiger partial charge in [-0.15, -0.1) is 0 Å². The number of aliphatic hydroxyl groups is 3. The molecule has 13 heteroatoms. The molecule has 0 bridgehead atoms. The van der Waals surface area contributed by atoms with Gasteiger partial charge in [0.05, 0.1) is 52.5 Å². The van der Waals surface area contributed by atoms with E-state index in [4.69, 9.17) is 18.5 Å². The van der Waals surface area contributed by atoms with Crippen molar-refractivity contribution in [2.75, 3.05) is 47.5 Å². The summed E-state index contributed by atoms with van der Waals surface area (Å²) >= 11 is 0. The highest BCUT2D eigenvalue weighted by molar-refractivity contribution is 7.45. The lowest BCUT2D eigenvalue weighted by molar-refractivity contribution is -0.870. The van der Waals surface area contributed by atoms with Gasteiger partial charge in [0.2, 0.25) is 0 Å². The molecule has 340 valence electrons. The Morgan fingerprint density at radius 1 is 0.780 bits per heavy atom. The number of nitrogens with zero attached hydrogens (tertiary/aromatic N) is 1. The number of esters is 2. The van der Waals surface area contributed by atoms with Crippen molar-refractivity contribution in [3.8, 4) is 0 Å². The molecular formula is C46H80NO11P. The van der Waals surface area contributed by atoms with Crippen molar-refractivity contribution in [1.82, 2.24) is 0 Å². The number of unbranched alkanes of at least 4 members (excludes halogenated alkanes) is 9. The van der Waals surface area contributed by atoms with Crippen molar-refractivity contribution in [3.05, 3.63) is 60.8 Å². The highest BCUT2D eigenvalue weighted by Gasteiger charge is 2.39.